The number of hydrogen-bond acceptors (Lipinski definition) is 2. The van der Waals surface area contributed by atoms with Gasteiger partial charge in [-0.25, -0.2) is 4.79 Å². The van der Waals surface area contributed by atoms with Gasteiger partial charge in [0.1, 0.15) is 0 Å². The minimum atomic E-state index is -1.50. The fourth-order valence-electron chi connectivity index (χ4n) is 2.24. The number of carbonyl (C=O) groups is 1. The Kier molecular flexibility index (Phi) is 3.47. The van der Waals surface area contributed by atoms with Crippen LogP contribution in [0.25, 0.3) is 10.8 Å². The molecular formula is C14H13IO3. The van der Waals surface area contributed by atoms with Crippen LogP contribution in [-0.4, -0.2) is 11.1 Å². The minimum Gasteiger partial charge on any atom is -0.478 e. The summed E-state index contributed by atoms with van der Waals surface area (Å²) >= 11 is -1.50. The number of aromatic carboxylic acids is 1. The van der Waals surface area contributed by atoms with Crippen molar-refractivity contribution in [1.82, 2.24) is 0 Å². The molecule has 0 aliphatic heterocycles. The first-order valence-electron chi connectivity index (χ1n) is 5.51. The second-order valence-electron chi connectivity index (χ2n) is 4.35. The Hall–Kier alpha value is -1.30. The van der Waals surface area contributed by atoms with Gasteiger partial charge in [-0.15, -0.1) is 0 Å². The molecule has 2 rings (SSSR count). The van der Waals surface area contributed by atoms with Crippen LogP contribution < -0.4 is 0 Å². The average molecular weight is 356 g/mol. The molecule has 3 nitrogen and oxygen atoms in total. The van der Waals surface area contributed by atoms with Crippen LogP contribution in [0.3, 0.4) is 0 Å². The number of halogens is 1. The van der Waals surface area contributed by atoms with Crippen molar-refractivity contribution in [2.75, 3.05) is 0 Å². The summed E-state index contributed by atoms with van der Waals surface area (Å²) in [6.45, 7) is 5.89. The average Bonchev–Trinajstić information content (AvgIpc) is 2.33. The van der Waals surface area contributed by atoms with Crippen molar-refractivity contribution in [3.8, 4) is 0 Å². The second kappa shape index (κ2) is 4.76. The molecule has 0 fully saturated rings. The van der Waals surface area contributed by atoms with Crippen molar-refractivity contribution < 1.29 is 13.0 Å². The molecule has 0 spiro atoms. The Morgan fingerprint density at radius 1 is 1.17 bits per heavy atom. The molecule has 94 valence electrons. The standard InChI is InChI=1S/C14H13IO3/c1-7-4-5-10-6-11(14(16)17)13(15-18)9(3)12(10)8(7)2/h4-6H,1-3H3,(H,16,17). The van der Waals surface area contributed by atoms with Gasteiger partial charge in [0.15, 0.2) is 21.2 Å². The van der Waals surface area contributed by atoms with Gasteiger partial charge in [-0.3, -0.25) is 3.07 Å². The number of fused-ring (bicyclic) bond motifs is 1. The molecule has 0 saturated heterocycles. The lowest BCUT2D eigenvalue weighted by Gasteiger charge is -2.12. The van der Waals surface area contributed by atoms with Crippen LogP contribution in [0.2, 0.25) is 0 Å². The molecule has 0 amide bonds. The van der Waals surface area contributed by atoms with Gasteiger partial charge in [-0.2, -0.15) is 0 Å². The molecule has 4 heteroatoms. The Bertz CT molecular complexity index is 675. The van der Waals surface area contributed by atoms with Gasteiger partial charge in [-0.05, 0) is 54.3 Å². The fourth-order valence-corrected chi connectivity index (χ4v) is 3.46. The second-order valence-corrected chi connectivity index (χ2v) is 5.87. The van der Waals surface area contributed by atoms with E-state index in [1.807, 2.05) is 32.9 Å². The van der Waals surface area contributed by atoms with Gasteiger partial charge >= 0.3 is 5.97 Å². The molecule has 0 aromatic heterocycles. The predicted molar refractivity (Wildman–Crippen MR) is 78.5 cm³/mol. The van der Waals surface area contributed by atoms with E-state index in [2.05, 4.69) is 0 Å². The minimum absolute atomic E-state index is 0.172. The lowest BCUT2D eigenvalue weighted by Crippen LogP contribution is -2.03. The van der Waals surface area contributed by atoms with Gasteiger partial charge in [-0.1, -0.05) is 12.1 Å². The van der Waals surface area contributed by atoms with Crippen LogP contribution in [0.4, 0.5) is 0 Å². The molecule has 2 aromatic carbocycles. The lowest BCUT2D eigenvalue weighted by molar-refractivity contribution is 0.0695. The van der Waals surface area contributed by atoms with Crippen LogP contribution in [0, 0.1) is 24.3 Å². The molecule has 0 aliphatic rings. The van der Waals surface area contributed by atoms with Gasteiger partial charge in [0, 0.05) is 0 Å². The third kappa shape index (κ3) is 1.94. The third-order valence-electron chi connectivity index (χ3n) is 3.32. The van der Waals surface area contributed by atoms with E-state index < -0.39 is 27.2 Å². The van der Waals surface area contributed by atoms with E-state index in [9.17, 15) is 13.0 Å². The molecule has 0 bridgehead atoms. The molecule has 0 unspecified atom stereocenters. The first kappa shape index (κ1) is 13.1. The van der Waals surface area contributed by atoms with Crippen LogP contribution in [0.1, 0.15) is 27.0 Å². The zero-order valence-electron chi connectivity index (χ0n) is 10.4. The molecule has 18 heavy (non-hydrogen) atoms. The molecular weight excluding hydrogens is 343 g/mol. The van der Waals surface area contributed by atoms with Crippen LogP contribution >= 0.6 is 21.2 Å². The SMILES string of the molecule is Cc1ccc2cc(C(=O)O)c(I=O)c(C)c2c1C. The Morgan fingerprint density at radius 3 is 2.39 bits per heavy atom. The monoisotopic (exact) mass is 356 g/mol. The van der Waals surface area contributed by atoms with E-state index in [-0.39, 0.29) is 5.56 Å². The fraction of sp³-hybridized carbons (Fsp3) is 0.214. The highest BCUT2D eigenvalue weighted by molar-refractivity contribution is 14.1. The molecule has 0 saturated carbocycles. The first-order chi connectivity index (χ1) is 8.47. The molecule has 0 heterocycles. The molecule has 1 N–H and O–H groups in total. The first-order valence-corrected chi connectivity index (χ1v) is 7.47. The highest BCUT2D eigenvalue weighted by atomic mass is 127. The maximum atomic E-state index is 11.4. The number of carboxylic acids is 1. The summed E-state index contributed by atoms with van der Waals surface area (Å²) in [5.74, 6) is -1.01. The zero-order chi connectivity index (χ0) is 13.4. The maximum Gasteiger partial charge on any atom is 0.336 e. The molecule has 0 aliphatic carbocycles. The normalized spacial score (nSPS) is 10.8. The van der Waals surface area contributed by atoms with Crippen molar-refractivity contribution in [3.05, 3.63) is 44.0 Å². The number of rotatable bonds is 2. The Balaban J connectivity index is 3.00. The van der Waals surface area contributed by atoms with Crippen molar-refractivity contribution in [3.63, 3.8) is 0 Å². The smallest absolute Gasteiger partial charge is 0.336 e. The summed E-state index contributed by atoms with van der Waals surface area (Å²) in [5.41, 5.74) is 3.30. The summed E-state index contributed by atoms with van der Waals surface area (Å²) in [6, 6.07) is 5.53. The van der Waals surface area contributed by atoms with Crippen molar-refractivity contribution in [1.29, 1.82) is 0 Å². The summed E-state index contributed by atoms with van der Waals surface area (Å²) in [4.78, 5) is 11.2. The molecule has 2 aromatic rings. The van der Waals surface area contributed by atoms with E-state index in [1.165, 1.54) is 0 Å². The largest absolute Gasteiger partial charge is 0.478 e. The highest BCUT2D eigenvalue weighted by Crippen LogP contribution is 2.32. The van der Waals surface area contributed by atoms with Crippen LogP contribution in [-0.2, 0) is 3.07 Å². The maximum absolute atomic E-state index is 11.4. The number of hydrogen-bond donors (Lipinski definition) is 1. The topological polar surface area (TPSA) is 54.4 Å². The molecule has 0 atom stereocenters. The van der Waals surface area contributed by atoms with Crippen LogP contribution in [0.15, 0.2) is 18.2 Å². The lowest BCUT2D eigenvalue weighted by atomic mass is 9.95. The van der Waals surface area contributed by atoms with Crippen molar-refractivity contribution in [2.45, 2.75) is 20.8 Å². The predicted octanol–water partition coefficient (Wildman–Crippen LogP) is 3.95. The number of aryl methyl sites for hydroxylation is 3. The van der Waals surface area contributed by atoms with Crippen molar-refractivity contribution >= 4 is 37.9 Å². The Morgan fingerprint density at radius 2 is 1.83 bits per heavy atom. The summed E-state index contributed by atoms with van der Waals surface area (Å²) in [5, 5.41) is 11.1. The van der Waals surface area contributed by atoms with E-state index in [0.29, 0.717) is 3.57 Å². The van der Waals surface area contributed by atoms with Gasteiger partial charge < -0.3 is 5.11 Å². The summed E-state index contributed by atoms with van der Waals surface area (Å²) in [7, 11) is 0. The van der Waals surface area contributed by atoms with E-state index in [4.69, 9.17) is 0 Å². The van der Waals surface area contributed by atoms with Crippen LogP contribution in [0.5, 0.6) is 0 Å². The van der Waals surface area contributed by atoms with Gasteiger partial charge in [0.05, 0.1) is 9.13 Å². The Labute approximate surface area is 115 Å². The number of carboxylic acid groups (broad SMARTS) is 1. The van der Waals surface area contributed by atoms with Gasteiger partial charge in [0.25, 0.3) is 0 Å². The zero-order valence-corrected chi connectivity index (χ0v) is 12.5. The van der Waals surface area contributed by atoms with Crippen molar-refractivity contribution in [2.24, 2.45) is 0 Å². The summed E-state index contributed by atoms with van der Waals surface area (Å²) < 4.78 is 11.9. The van der Waals surface area contributed by atoms with E-state index in [1.54, 1.807) is 6.07 Å². The van der Waals surface area contributed by atoms with E-state index >= 15 is 0 Å². The van der Waals surface area contributed by atoms with Gasteiger partial charge in [0.2, 0.25) is 0 Å². The summed E-state index contributed by atoms with van der Waals surface area (Å²) in [6.07, 6.45) is 0. The quantitative estimate of drug-likeness (QED) is 0.829. The molecule has 0 radical (unpaired) electrons. The number of benzene rings is 2. The van der Waals surface area contributed by atoms with E-state index in [0.717, 1.165) is 27.5 Å². The highest BCUT2D eigenvalue weighted by Gasteiger charge is 2.17. The third-order valence-corrected chi connectivity index (χ3v) is 5.15.